The quantitative estimate of drug-likeness (QED) is 0.387. The SMILES string of the molecule is [C-]#[N+]C1=C[C@]2(C)C3=CC(=O)[C@@H]4[C@@H]5CC(C)(C)CC[C@]5(NC(=O)N(C)C)CC[C@@]4(C)[C@]3(C)CC[C@H]2C(C)(C)C1=O. The van der Waals surface area contributed by atoms with Gasteiger partial charge >= 0.3 is 6.03 Å². The standard InChI is InChI=1S/C33H47N3O3/c1-28(2)13-15-33(35-27(39)36(9)10)16-14-32(7)25(20(33)18-28)22(37)17-24-30(5)19-21(34-8)26(38)29(3,4)23(30)11-12-31(24,32)6/h17,19-20,23,25H,11-16,18H2,1-7,9-10H3,(H,35,39)/t20-,23-,25-,30-,31+,32+,33-/m0/s1. The molecule has 0 aromatic rings. The first-order valence-electron chi connectivity index (χ1n) is 14.8. The van der Waals surface area contributed by atoms with Crippen molar-refractivity contribution in [2.75, 3.05) is 14.1 Å². The average molecular weight is 534 g/mol. The summed E-state index contributed by atoms with van der Waals surface area (Å²) in [6, 6.07) is -0.0760. The molecule has 0 spiro atoms. The third-order valence-electron chi connectivity index (χ3n) is 12.6. The van der Waals surface area contributed by atoms with Crippen LogP contribution in [-0.4, -0.2) is 42.1 Å². The Bertz CT molecular complexity index is 1250. The third-order valence-corrected chi connectivity index (χ3v) is 12.6. The van der Waals surface area contributed by atoms with Crippen LogP contribution >= 0.6 is 0 Å². The predicted molar refractivity (Wildman–Crippen MR) is 152 cm³/mol. The summed E-state index contributed by atoms with van der Waals surface area (Å²) in [7, 11) is 3.56. The Morgan fingerprint density at radius 2 is 1.64 bits per heavy atom. The van der Waals surface area contributed by atoms with E-state index in [1.807, 2.05) is 26.0 Å². The van der Waals surface area contributed by atoms with E-state index in [4.69, 9.17) is 6.57 Å². The number of allylic oxidation sites excluding steroid dienone is 4. The maximum absolute atomic E-state index is 14.5. The molecule has 5 aliphatic carbocycles. The lowest BCUT2D eigenvalue weighted by Crippen LogP contribution is -2.70. The summed E-state index contributed by atoms with van der Waals surface area (Å²) in [5, 5.41) is 3.44. The van der Waals surface area contributed by atoms with Crippen molar-refractivity contribution in [2.24, 2.45) is 44.8 Å². The zero-order chi connectivity index (χ0) is 29.0. The van der Waals surface area contributed by atoms with Crippen molar-refractivity contribution >= 4 is 17.6 Å². The van der Waals surface area contributed by atoms with Crippen LogP contribution in [0.1, 0.15) is 93.4 Å². The molecule has 0 bridgehead atoms. The molecule has 0 aliphatic heterocycles. The fourth-order valence-corrected chi connectivity index (χ4v) is 10.1. The highest BCUT2D eigenvalue weighted by molar-refractivity contribution is 6.03. The molecule has 0 aromatic carbocycles. The molecule has 0 saturated heterocycles. The normalized spacial score (nSPS) is 43.8. The number of fused-ring (bicyclic) bond motifs is 7. The van der Waals surface area contributed by atoms with E-state index < -0.39 is 10.8 Å². The average Bonchev–Trinajstić information content (AvgIpc) is 2.83. The van der Waals surface area contributed by atoms with Crippen molar-refractivity contribution in [1.82, 2.24) is 10.2 Å². The molecular weight excluding hydrogens is 486 g/mol. The Balaban J connectivity index is 1.67. The summed E-state index contributed by atoms with van der Waals surface area (Å²) in [5.41, 5.74) is -0.629. The highest BCUT2D eigenvalue weighted by atomic mass is 16.2. The molecule has 7 atom stereocenters. The second-order valence-electron chi connectivity index (χ2n) is 15.7. The summed E-state index contributed by atoms with van der Waals surface area (Å²) in [6.07, 6.45) is 10.2. The van der Waals surface area contributed by atoms with E-state index in [1.165, 1.54) is 0 Å². The smallest absolute Gasteiger partial charge is 0.317 e. The van der Waals surface area contributed by atoms with Gasteiger partial charge in [-0.3, -0.25) is 4.79 Å². The van der Waals surface area contributed by atoms with Gasteiger partial charge in [-0.2, -0.15) is 0 Å². The minimum absolute atomic E-state index is 0.0472. The number of amides is 2. The molecule has 5 aliphatic rings. The topological polar surface area (TPSA) is 70.8 Å². The predicted octanol–water partition coefficient (Wildman–Crippen LogP) is 6.58. The van der Waals surface area contributed by atoms with Crippen molar-refractivity contribution in [3.8, 4) is 0 Å². The largest absolute Gasteiger partial charge is 0.332 e. The molecule has 6 heteroatoms. The van der Waals surface area contributed by atoms with Crippen LogP contribution in [-0.2, 0) is 9.59 Å². The van der Waals surface area contributed by atoms with Crippen LogP contribution in [0.5, 0.6) is 0 Å². The van der Waals surface area contributed by atoms with Gasteiger partial charge in [-0.15, -0.1) is 0 Å². The molecular formula is C33H47N3O3. The molecule has 3 saturated carbocycles. The summed E-state index contributed by atoms with van der Waals surface area (Å²) in [5.74, 6) is 0.0371. The van der Waals surface area contributed by atoms with Gasteiger partial charge < -0.3 is 15.0 Å². The Morgan fingerprint density at radius 1 is 1.00 bits per heavy atom. The summed E-state index contributed by atoms with van der Waals surface area (Å²) in [4.78, 5) is 46.1. The fourth-order valence-electron chi connectivity index (χ4n) is 10.1. The van der Waals surface area contributed by atoms with Gasteiger partial charge in [0.1, 0.15) is 0 Å². The number of Topliss-reactive ketones (excluding diaryl/α,β-unsaturated/α-hetero) is 1. The summed E-state index contributed by atoms with van der Waals surface area (Å²) >= 11 is 0. The van der Waals surface area contributed by atoms with E-state index in [1.54, 1.807) is 19.0 Å². The van der Waals surface area contributed by atoms with Crippen LogP contribution in [0, 0.1) is 51.4 Å². The third kappa shape index (κ3) is 3.60. The van der Waals surface area contributed by atoms with Gasteiger partial charge in [0.15, 0.2) is 11.6 Å². The minimum Gasteiger partial charge on any atom is -0.332 e. The van der Waals surface area contributed by atoms with E-state index in [0.29, 0.717) is 0 Å². The number of carbonyl (C=O) groups excluding carboxylic acids is 3. The van der Waals surface area contributed by atoms with Gasteiger partial charge in [-0.05, 0) is 79.1 Å². The van der Waals surface area contributed by atoms with Gasteiger partial charge in [-0.25, -0.2) is 9.64 Å². The maximum Gasteiger partial charge on any atom is 0.317 e. The van der Waals surface area contributed by atoms with Gasteiger partial charge in [-0.1, -0.05) is 60.1 Å². The number of ketones is 2. The molecule has 5 rings (SSSR count). The molecule has 3 fully saturated rings. The number of hydrogen-bond donors (Lipinski definition) is 1. The second kappa shape index (κ2) is 8.30. The van der Waals surface area contributed by atoms with Crippen molar-refractivity contribution in [3.05, 3.63) is 34.8 Å². The Hall–Kier alpha value is -2.42. The lowest BCUT2D eigenvalue weighted by molar-refractivity contribution is -0.160. The van der Waals surface area contributed by atoms with E-state index in [-0.39, 0.29) is 62.8 Å². The number of nitrogens with zero attached hydrogens (tertiary/aromatic N) is 2. The first-order valence-corrected chi connectivity index (χ1v) is 14.8. The van der Waals surface area contributed by atoms with Crippen LogP contribution in [0.2, 0.25) is 0 Å². The number of urea groups is 1. The van der Waals surface area contributed by atoms with E-state index in [0.717, 1.165) is 50.5 Å². The van der Waals surface area contributed by atoms with E-state index >= 15 is 0 Å². The highest BCUT2D eigenvalue weighted by Gasteiger charge is 2.70. The number of hydrogen-bond acceptors (Lipinski definition) is 3. The molecule has 0 aromatic heterocycles. The molecule has 0 unspecified atom stereocenters. The maximum atomic E-state index is 14.5. The summed E-state index contributed by atoms with van der Waals surface area (Å²) < 4.78 is 0. The monoisotopic (exact) mass is 533 g/mol. The van der Waals surface area contributed by atoms with E-state index in [2.05, 4.69) is 44.8 Å². The highest BCUT2D eigenvalue weighted by Crippen LogP contribution is 2.73. The van der Waals surface area contributed by atoms with Crippen LogP contribution in [0.15, 0.2) is 23.4 Å². The van der Waals surface area contributed by atoms with Crippen molar-refractivity contribution in [3.63, 3.8) is 0 Å². The number of carbonyl (C=O) groups is 3. The minimum atomic E-state index is -0.655. The van der Waals surface area contributed by atoms with Crippen molar-refractivity contribution < 1.29 is 14.4 Å². The lowest BCUT2D eigenvalue weighted by Gasteiger charge is -2.69. The lowest BCUT2D eigenvalue weighted by atomic mass is 9.35. The summed E-state index contributed by atoms with van der Waals surface area (Å²) in [6.45, 7) is 23.2. The molecule has 0 radical (unpaired) electrons. The first-order chi connectivity index (χ1) is 17.9. The van der Waals surface area contributed by atoms with Crippen molar-refractivity contribution in [1.29, 1.82) is 0 Å². The number of rotatable bonds is 1. The second-order valence-corrected chi connectivity index (χ2v) is 15.7. The molecule has 212 valence electrons. The van der Waals surface area contributed by atoms with Gasteiger partial charge in [0, 0.05) is 36.4 Å². The Morgan fingerprint density at radius 3 is 2.26 bits per heavy atom. The zero-order valence-electron chi connectivity index (χ0n) is 25.5. The molecule has 1 N–H and O–H groups in total. The van der Waals surface area contributed by atoms with E-state index in [9.17, 15) is 14.4 Å². The zero-order valence-corrected chi connectivity index (χ0v) is 25.5. The van der Waals surface area contributed by atoms with Gasteiger partial charge in [0.2, 0.25) is 5.70 Å². The van der Waals surface area contributed by atoms with Crippen LogP contribution < -0.4 is 5.32 Å². The van der Waals surface area contributed by atoms with Crippen LogP contribution in [0.25, 0.3) is 4.85 Å². The van der Waals surface area contributed by atoms with Gasteiger partial charge in [0.05, 0.1) is 6.57 Å². The molecule has 0 heterocycles. The molecule has 39 heavy (non-hydrogen) atoms. The first kappa shape index (κ1) is 28.1. The molecule has 6 nitrogen and oxygen atoms in total. The Labute approximate surface area is 234 Å². The fraction of sp³-hybridized carbons (Fsp3) is 0.758. The van der Waals surface area contributed by atoms with Crippen molar-refractivity contribution in [2.45, 2.75) is 99.0 Å². The molecule has 2 amide bonds. The number of nitrogens with one attached hydrogen (secondary N) is 1. The van der Waals surface area contributed by atoms with Gasteiger partial charge in [0.25, 0.3) is 0 Å². The van der Waals surface area contributed by atoms with Crippen LogP contribution in [0.4, 0.5) is 4.79 Å². The Kier molecular flexibility index (Phi) is 5.99. The van der Waals surface area contributed by atoms with Crippen LogP contribution in [0.3, 0.4) is 0 Å².